The average molecular weight is 460 g/mol. The molecule has 0 unspecified atom stereocenters. The van der Waals surface area contributed by atoms with E-state index in [2.05, 4.69) is 5.32 Å². The first kappa shape index (κ1) is 25.4. The molecule has 1 N–H and O–H groups in total. The summed E-state index contributed by atoms with van der Waals surface area (Å²) in [6.45, 7) is 7.34. The minimum Gasteiger partial charge on any atom is -0.357 e. The van der Waals surface area contributed by atoms with Crippen molar-refractivity contribution >= 4 is 27.5 Å². The summed E-state index contributed by atoms with van der Waals surface area (Å²) < 4.78 is 26.5. The van der Waals surface area contributed by atoms with Crippen LogP contribution in [0.2, 0.25) is 0 Å². The van der Waals surface area contributed by atoms with E-state index in [1.807, 2.05) is 57.2 Å². The van der Waals surface area contributed by atoms with E-state index in [-0.39, 0.29) is 18.4 Å². The van der Waals surface area contributed by atoms with E-state index in [4.69, 9.17) is 0 Å². The molecule has 0 saturated carbocycles. The number of aryl methyl sites for hydroxylation is 1. The normalized spacial score (nSPS) is 12.3. The third kappa shape index (κ3) is 6.32. The van der Waals surface area contributed by atoms with Gasteiger partial charge in [0.2, 0.25) is 21.8 Å². The number of carbonyl (C=O) groups excluding carboxylic acids is 2. The van der Waals surface area contributed by atoms with Crippen LogP contribution in [-0.4, -0.2) is 51.0 Å². The summed E-state index contributed by atoms with van der Waals surface area (Å²) in [7, 11) is -2.24. The first-order valence-electron chi connectivity index (χ1n) is 10.6. The highest BCUT2D eigenvalue weighted by atomic mass is 32.2. The van der Waals surface area contributed by atoms with Gasteiger partial charge in [0.1, 0.15) is 12.6 Å². The van der Waals surface area contributed by atoms with Crippen LogP contribution in [0.1, 0.15) is 43.4 Å². The van der Waals surface area contributed by atoms with Crippen LogP contribution in [-0.2, 0) is 26.2 Å². The Morgan fingerprint density at radius 3 is 2.12 bits per heavy atom. The molecule has 0 bridgehead atoms. The molecule has 2 amide bonds. The number of hydrogen-bond acceptors (Lipinski definition) is 4. The van der Waals surface area contributed by atoms with Crippen molar-refractivity contribution in [1.82, 2.24) is 10.2 Å². The van der Waals surface area contributed by atoms with Crippen molar-refractivity contribution in [3.63, 3.8) is 0 Å². The van der Waals surface area contributed by atoms with Gasteiger partial charge in [-0.05, 0) is 37.0 Å². The minimum absolute atomic E-state index is 0.0685. The number of benzene rings is 2. The molecule has 8 heteroatoms. The Labute approximate surface area is 191 Å². The van der Waals surface area contributed by atoms with Crippen molar-refractivity contribution in [3.05, 3.63) is 65.2 Å². The molecular formula is C24H33N3O4S. The summed E-state index contributed by atoms with van der Waals surface area (Å²) in [5.74, 6) is -0.705. The highest BCUT2D eigenvalue weighted by molar-refractivity contribution is 7.92. The van der Waals surface area contributed by atoms with Crippen LogP contribution in [0.4, 0.5) is 5.69 Å². The summed E-state index contributed by atoms with van der Waals surface area (Å²) in [4.78, 5) is 27.2. The number of likely N-dealkylation sites (N-methyl/N-ethyl adjacent to an activating group) is 1. The maximum atomic E-state index is 13.4. The van der Waals surface area contributed by atoms with Crippen molar-refractivity contribution in [1.29, 1.82) is 0 Å². The van der Waals surface area contributed by atoms with E-state index in [1.165, 1.54) is 11.9 Å². The Kier molecular flexibility index (Phi) is 8.44. The topological polar surface area (TPSA) is 86.8 Å². The second kappa shape index (κ2) is 10.6. The monoisotopic (exact) mass is 459 g/mol. The summed E-state index contributed by atoms with van der Waals surface area (Å²) in [6, 6.07) is 14.1. The highest BCUT2D eigenvalue weighted by Crippen LogP contribution is 2.29. The Hall–Kier alpha value is -2.87. The van der Waals surface area contributed by atoms with Gasteiger partial charge in [-0.15, -0.1) is 0 Å². The zero-order chi connectivity index (χ0) is 24.1. The van der Waals surface area contributed by atoms with Gasteiger partial charge in [-0.25, -0.2) is 8.42 Å². The molecule has 2 aromatic carbocycles. The van der Waals surface area contributed by atoms with Gasteiger partial charge < -0.3 is 10.2 Å². The second-order valence-electron chi connectivity index (χ2n) is 8.28. The Morgan fingerprint density at radius 2 is 1.59 bits per heavy atom. The molecule has 0 spiro atoms. The molecule has 174 valence electrons. The molecule has 0 heterocycles. The lowest BCUT2D eigenvalue weighted by molar-refractivity contribution is -0.139. The Morgan fingerprint density at radius 1 is 1.00 bits per heavy atom. The SMILES string of the molecule is CNC(=O)[C@@H](C)N(Cc1ccc(C)cc1)C(=O)CN(c1ccccc1C(C)C)S(C)(=O)=O. The van der Waals surface area contributed by atoms with E-state index in [9.17, 15) is 18.0 Å². The molecule has 2 aromatic rings. The van der Waals surface area contributed by atoms with Crippen molar-refractivity contribution in [3.8, 4) is 0 Å². The van der Waals surface area contributed by atoms with Crippen molar-refractivity contribution in [2.75, 3.05) is 24.2 Å². The summed E-state index contributed by atoms with van der Waals surface area (Å²) >= 11 is 0. The third-order valence-corrected chi connectivity index (χ3v) is 6.52. The number of nitrogens with zero attached hydrogens (tertiary/aromatic N) is 2. The number of anilines is 1. The van der Waals surface area contributed by atoms with Crippen LogP contribution in [0.3, 0.4) is 0 Å². The zero-order valence-corrected chi connectivity index (χ0v) is 20.4. The first-order chi connectivity index (χ1) is 15.0. The Balaban J connectivity index is 2.44. The predicted molar refractivity (Wildman–Crippen MR) is 128 cm³/mol. The van der Waals surface area contributed by atoms with Gasteiger partial charge in [0.05, 0.1) is 11.9 Å². The molecule has 7 nitrogen and oxygen atoms in total. The van der Waals surface area contributed by atoms with Crippen molar-refractivity contribution < 1.29 is 18.0 Å². The van der Waals surface area contributed by atoms with Crippen LogP contribution < -0.4 is 9.62 Å². The maximum absolute atomic E-state index is 13.4. The van der Waals surface area contributed by atoms with Crippen LogP contribution >= 0.6 is 0 Å². The standard InChI is InChI=1S/C24H33N3O4S/c1-17(2)21-9-7-8-10-22(21)27(32(6,30)31)16-23(28)26(19(4)24(29)25-5)15-20-13-11-18(3)12-14-20/h7-14,17,19H,15-16H2,1-6H3,(H,25,29)/t19-/m1/s1. The van der Waals surface area contributed by atoms with E-state index < -0.39 is 28.5 Å². The number of rotatable bonds is 9. The number of nitrogens with one attached hydrogen (secondary N) is 1. The van der Waals surface area contributed by atoms with Gasteiger partial charge in [-0.3, -0.25) is 13.9 Å². The van der Waals surface area contributed by atoms with Gasteiger partial charge in [-0.2, -0.15) is 0 Å². The molecule has 0 aliphatic carbocycles. The van der Waals surface area contributed by atoms with E-state index in [0.717, 1.165) is 27.3 Å². The van der Waals surface area contributed by atoms with Gasteiger partial charge in [0.15, 0.2) is 0 Å². The van der Waals surface area contributed by atoms with Crippen LogP contribution in [0.5, 0.6) is 0 Å². The van der Waals surface area contributed by atoms with Crippen LogP contribution in [0, 0.1) is 6.92 Å². The minimum atomic E-state index is -3.75. The quantitative estimate of drug-likeness (QED) is 0.624. The maximum Gasteiger partial charge on any atom is 0.244 e. The molecule has 0 aliphatic rings. The van der Waals surface area contributed by atoms with Crippen LogP contribution in [0.15, 0.2) is 48.5 Å². The van der Waals surface area contributed by atoms with E-state index in [0.29, 0.717) is 5.69 Å². The van der Waals surface area contributed by atoms with Gasteiger partial charge in [-0.1, -0.05) is 61.9 Å². The van der Waals surface area contributed by atoms with Gasteiger partial charge in [0, 0.05) is 13.6 Å². The summed E-state index contributed by atoms with van der Waals surface area (Å²) in [5, 5.41) is 2.57. The number of hydrogen-bond donors (Lipinski definition) is 1. The lowest BCUT2D eigenvalue weighted by Gasteiger charge is -2.32. The Bertz CT molecular complexity index is 1050. The predicted octanol–water partition coefficient (Wildman–Crippen LogP) is 3.05. The van der Waals surface area contributed by atoms with Crippen molar-refractivity contribution in [2.24, 2.45) is 0 Å². The molecule has 0 saturated heterocycles. The fraction of sp³-hybridized carbons (Fsp3) is 0.417. The van der Waals surface area contributed by atoms with Gasteiger partial charge in [0.25, 0.3) is 0 Å². The average Bonchev–Trinajstić information content (AvgIpc) is 2.75. The zero-order valence-electron chi connectivity index (χ0n) is 19.6. The molecular weight excluding hydrogens is 426 g/mol. The fourth-order valence-corrected chi connectivity index (χ4v) is 4.35. The smallest absolute Gasteiger partial charge is 0.244 e. The number of carbonyl (C=O) groups is 2. The highest BCUT2D eigenvalue weighted by Gasteiger charge is 2.30. The van der Waals surface area contributed by atoms with Crippen LogP contribution in [0.25, 0.3) is 0 Å². The molecule has 0 aromatic heterocycles. The molecule has 32 heavy (non-hydrogen) atoms. The van der Waals surface area contributed by atoms with E-state index >= 15 is 0 Å². The number of sulfonamides is 1. The number of amides is 2. The van der Waals surface area contributed by atoms with E-state index in [1.54, 1.807) is 19.1 Å². The fourth-order valence-electron chi connectivity index (χ4n) is 3.48. The second-order valence-corrected chi connectivity index (χ2v) is 10.2. The van der Waals surface area contributed by atoms with Gasteiger partial charge >= 0.3 is 0 Å². The largest absolute Gasteiger partial charge is 0.357 e. The lowest BCUT2D eigenvalue weighted by Crippen LogP contribution is -2.50. The molecule has 2 rings (SSSR count). The first-order valence-corrected chi connectivity index (χ1v) is 12.4. The lowest BCUT2D eigenvalue weighted by atomic mass is 10.0. The summed E-state index contributed by atoms with van der Waals surface area (Å²) in [6.07, 6.45) is 1.09. The third-order valence-electron chi connectivity index (χ3n) is 5.39. The number of para-hydroxylation sites is 1. The molecule has 0 aliphatic heterocycles. The van der Waals surface area contributed by atoms with Crippen molar-refractivity contribution in [2.45, 2.75) is 46.2 Å². The molecule has 0 radical (unpaired) electrons. The molecule has 1 atom stereocenters. The summed E-state index contributed by atoms with van der Waals surface area (Å²) in [5.41, 5.74) is 3.24. The molecule has 0 fully saturated rings.